The minimum absolute atomic E-state index is 0.646. The van der Waals surface area contributed by atoms with E-state index in [2.05, 4.69) is 35.8 Å². The summed E-state index contributed by atoms with van der Waals surface area (Å²) in [5, 5.41) is 9.08. The van der Waals surface area contributed by atoms with Gasteiger partial charge >= 0.3 is 0 Å². The molecule has 3 aromatic rings. The molecule has 0 saturated heterocycles. The number of aryl methyl sites for hydroxylation is 1. The summed E-state index contributed by atoms with van der Waals surface area (Å²) in [6.45, 7) is 4.45. The van der Waals surface area contributed by atoms with Crippen LogP contribution >= 0.6 is 0 Å². The third-order valence-electron chi connectivity index (χ3n) is 4.43. The minimum atomic E-state index is 0.646. The van der Waals surface area contributed by atoms with E-state index >= 15 is 0 Å². The molecular formula is C19H17N3O. The Morgan fingerprint density at radius 2 is 2.13 bits per heavy atom. The lowest BCUT2D eigenvalue weighted by Crippen LogP contribution is -2.10. The van der Waals surface area contributed by atoms with Crippen molar-refractivity contribution >= 4 is 11.0 Å². The van der Waals surface area contributed by atoms with Crippen LogP contribution in [0, 0.1) is 11.3 Å². The van der Waals surface area contributed by atoms with Crippen LogP contribution in [0.2, 0.25) is 0 Å². The van der Waals surface area contributed by atoms with Gasteiger partial charge in [-0.2, -0.15) is 5.26 Å². The molecule has 1 aliphatic rings. The Kier molecular flexibility index (Phi) is 3.36. The van der Waals surface area contributed by atoms with Gasteiger partial charge in [0.05, 0.1) is 35.9 Å². The molecule has 114 valence electrons. The number of nitrogens with zero attached hydrogens (tertiary/aromatic N) is 3. The van der Waals surface area contributed by atoms with E-state index in [1.807, 2.05) is 18.2 Å². The Morgan fingerprint density at radius 1 is 1.22 bits per heavy atom. The van der Waals surface area contributed by atoms with Crippen molar-refractivity contribution in [3.63, 3.8) is 0 Å². The maximum atomic E-state index is 9.08. The molecule has 0 atom stereocenters. The van der Waals surface area contributed by atoms with Crippen LogP contribution < -0.4 is 0 Å². The van der Waals surface area contributed by atoms with Gasteiger partial charge in [-0.15, -0.1) is 0 Å². The Balaban J connectivity index is 1.89. The van der Waals surface area contributed by atoms with Crippen LogP contribution in [0.5, 0.6) is 0 Å². The summed E-state index contributed by atoms with van der Waals surface area (Å²) < 4.78 is 7.71. The van der Waals surface area contributed by atoms with Crippen molar-refractivity contribution in [3.05, 3.63) is 53.1 Å². The number of rotatable bonds is 2. The molecule has 0 aliphatic carbocycles. The first-order valence-corrected chi connectivity index (χ1v) is 7.90. The summed E-state index contributed by atoms with van der Waals surface area (Å²) in [6.07, 6.45) is 0.952. The van der Waals surface area contributed by atoms with Gasteiger partial charge in [0.25, 0.3) is 0 Å². The van der Waals surface area contributed by atoms with Gasteiger partial charge in [0.1, 0.15) is 5.82 Å². The molecular weight excluding hydrogens is 286 g/mol. The van der Waals surface area contributed by atoms with Gasteiger partial charge in [-0.05, 0) is 48.7 Å². The second-order valence-corrected chi connectivity index (χ2v) is 5.78. The first-order valence-electron chi connectivity index (χ1n) is 7.90. The van der Waals surface area contributed by atoms with Gasteiger partial charge in [0.15, 0.2) is 0 Å². The number of benzene rings is 2. The highest BCUT2D eigenvalue weighted by Gasteiger charge is 2.15. The highest BCUT2D eigenvalue weighted by Crippen LogP contribution is 2.28. The highest BCUT2D eigenvalue weighted by atomic mass is 16.5. The molecule has 0 saturated carbocycles. The molecule has 0 radical (unpaired) electrons. The van der Waals surface area contributed by atoms with Crippen molar-refractivity contribution in [1.29, 1.82) is 5.26 Å². The Bertz CT molecular complexity index is 934. The average Bonchev–Trinajstić information content (AvgIpc) is 2.98. The Morgan fingerprint density at radius 3 is 2.96 bits per heavy atom. The summed E-state index contributed by atoms with van der Waals surface area (Å²) in [4.78, 5) is 4.79. The van der Waals surface area contributed by atoms with Crippen LogP contribution in [-0.2, 0) is 24.3 Å². The molecule has 0 fully saturated rings. The minimum Gasteiger partial charge on any atom is -0.376 e. The summed E-state index contributed by atoms with van der Waals surface area (Å²) in [5.74, 6) is 0.965. The van der Waals surface area contributed by atoms with Crippen molar-refractivity contribution < 1.29 is 4.74 Å². The summed E-state index contributed by atoms with van der Waals surface area (Å²) in [7, 11) is 0. The van der Waals surface area contributed by atoms with Crippen LogP contribution in [0.15, 0.2) is 36.4 Å². The van der Waals surface area contributed by atoms with Crippen LogP contribution in [0.3, 0.4) is 0 Å². The zero-order chi connectivity index (χ0) is 15.8. The van der Waals surface area contributed by atoms with Crippen molar-refractivity contribution in [2.24, 2.45) is 0 Å². The van der Waals surface area contributed by atoms with Gasteiger partial charge in [0, 0.05) is 12.1 Å². The normalized spacial score (nSPS) is 13.7. The third kappa shape index (κ3) is 2.30. The fourth-order valence-corrected chi connectivity index (χ4v) is 3.24. The molecule has 0 bridgehead atoms. The number of aromatic nitrogens is 2. The largest absolute Gasteiger partial charge is 0.376 e. The van der Waals surface area contributed by atoms with E-state index in [0.29, 0.717) is 12.2 Å². The van der Waals surface area contributed by atoms with Crippen LogP contribution in [0.1, 0.15) is 23.6 Å². The third-order valence-corrected chi connectivity index (χ3v) is 4.43. The molecule has 4 rings (SSSR count). The lowest BCUT2D eigenvalue weighted by Gasteiger charge is -2.17. The number of nitriles is 1. The van der Waals surface area contributed by atoms with Crippen molar-refractivity contribution in [3.8, 4) is 17.5 Å². The van der Waals surface area contributed by atoms with Gasteiger partial charge in [-0.25, -0.2) is 4.98 Å². The summed E-state index contributed by atoms with van der Waals surface area (Å²) in [6, 6.07) is 14.4. The zero-order valence-electron chi connectivity index (χ0n) is 13.0. The van der Waals surface area contributed by atoms with Crippen LogP contribution in [0.25, 0.3) is 22.4 Å². The van der Waals surface area contributed by atoms with Crippen molar-refractivity contribution in [2.45, 2.75) is 26.5 Å². The van der Waals surface area contributed by atoms with E-state index < -0.39 is 0 Å². The standard InChI is InChI=1S/C19H17N3O/c1-2-22-18-6-3-13(11-20)9-17(18)21-19(22)15-4-5-16-12-23-8-7-14(16)10-15/h3-6,9-10H,2,7-8,12H2,1H3. The van der Waals surface area contributed by atoms with E-state index in [4.69, 9.17) is 15.0 Å². The zero-order valence-corrected chi connectivity index (χ0v) is 13.0. The van der Waals surface area contributed by atoms with E-state index in [0.717, 1.165) is 42.0 Å². The second-order valence-electron chi connectivity index (χ2n) is 5.78. The van der Waals surface area contributed by atoms with Gasteiger partial charge in [0.2, 0.25) is 0 Å². The highest BCUT2D eigenvalue weighted by molar-refractivity contribution is 5.82. The first-order chi connectivity index (χ1) is 11.3. The SMILES string of the molecule is CCn1c(-c2ccc3c(c2)CCOC3)nc2cc(C#N)ccc21. The fourth-order valence-electron chi connectivity index (χ4n) is 3.24. The second kappa shape index (κ2) is 5.53. The van der Waals surface area contributed by atoms with Gasteiger partial charge in [-0.1, -0.05) is 12.1 Å². The lowest BCUT2D eigenvalue weighted by atomic mass is 10.00. The fraction of sp³-hybridized carbons (Fsp3) is 0.263. The van der Waals surface area contributed by atoms with E-state index in [1.54, 1.807) is 0 Å². The molecule has 0 unspecified atom stereocenters. The van der Waals surface area contributed by atoms with E-state index in [9.17, 15) is 0 Å². The quantitative estimate of drug-likeness (QED) is 0.726. The number of imidazole rings is 1. The molecule has 2 aromatic carbocycles. The Hall–Kier alpha value is -2.64. The summed E-state index contributed by atoms with van der Waals surface area (Å²) >= 11 is 0. The smallest absolute Gasteiger partial charge is 0.141 e. The van der Waals surface area contributed by atoms with Crippen molar-refractivity contribution in [2.75, 3.05) is 6.61 Å². The first kappa shape index (κ1) is 14.0. The Labute approximate surface area is 134 Å². The molecule has 1 aromatic heterocycles. The molecule has 2 heterocycles. The predicted octanol–water partition coefficient (Wildman–Crippen LogP) is 3.67. The lowest BCUT2D eigenvalue weighted by molar-refractivity contribution is 0.111. The maximum Gasteiger partial charge on any atom is 0.141 e. The molecule has 0 amide bonds. The average molecular weight is 303 g/mol. The van der Waals surface area contributed by atoms with Gasteiger partial charge < -0.3 is 9.30 Å². The van der Waals surface area contributed by atoms with Crippen LogP contribution in [0.4, 0.5) is 0 Å². The molecule has 4 heteroatoms. The maximum absolute atomic E-state index is 9.08. The van der Waals surface area contributed by atoms with E-state index in [1.165, 1.54) is 11.1 Å². The number of fused-ring (bicyclic) bond motifs is 2. The molecule has 0 spiro atoms. The molecule has 23 heavy (non-hydrogen) atoms. The molecule has 4 nitrogen and oxygen atoms in total. The van der Waals surface area contributed by atoms with Crippen LogP contribution in [-0.4, -0.2) is 16.2 Å². The predicted molar refractivity (Wildman–Crippen MR) is 88.9 cm³/mol. The monoisotopic (exact) mass is 303 g/mol. The number of ether oxygens (including phenoxy) is 1. The summed E-state index contributed by atoms with van der Waals surface area (Å²) in [5.41, 5.74) is 6.34. The van der Waals surface area contributed by atoms with Gasteiger partial charge in [-0.3, -0.25) is 0 Å². The topological polar surface area (TPSA) is 50.8 Å². The number of hydrogen-bond donors (Lipinski definition) is 0. The van der Waals surface area contributed by atoms with E-state index in [-0.39, 0.29) is 0 Å². The number of hydrogen-bond acceptors (Lipinski definition) is 3. The molecule has 1 aliphatic heterocycles. The van der Waals surface area contributed by atoms with Crippen molar-refractivity contribution in [1.82, 2.24) is 9.55 Å². The molecule has 0 N–H and O–H groups in total.